The summed E-state index contributed by atoms with van der Waals surface area (Å²) < 4.78 is 0. The second-order valence-electron chi connectivity index (χ2n) is 2.67. The SMILES string of the molecule is CC.CNc1cnc2ccccc2c1. The Labute approximate surface area is 85.0 Å². The van der Waals surface area contributed by atoms with Crippen LogP contribution in [0.1, 0.15) is 13.8 Å². The summed E-state index contributed by atoms with van der Waals surface area (Å²) in [5.74, 6) is 0. The molecule has 1 aromatic heterocycles. The van der Waals surface area contributed by atoms with Gasteiger partial charge in [0.25, 0.3) is 0 Å². The van der Waals surface area contributed by atoms with Crippen LogP contribution in [0.3, 0.4) is 0 Å². The predicted octanol–water partition coefficient (Wildman–Crippen LogP) is 3.30. The Bertz CT molecular complexity index is 396. The molecule has 1 heterocycles. The molecular formula is C12H16N2. The molecule has 1 N–H and O–H groups in total. The topological polar surface area (TPSA) is 24.9 Å². The van der Waals surface area contributed by atoms with Gasteiger partial charge in [0, 0.05) is 12.4 Å². The van der Waals surface area contributed by atoms with E-state index < -0.39 is 0 Å². The Balaban J connectivity index is 0.000000461. The maximum Gasteiger partial charge on any atom is 0.0703 e. The first-order valence-electron chi connectivity index (χ1n) is 4.93. The van der Waals surface area contributed by atoms with Crippen LogP contribution in [0.5, 0.6) is 0 Å². The van der Waals surface area contributed by atoms with Gasteiger partial charge < -0.3 is 5.32 Å². The standard InChI is InChI=1S/C10H10N2.C2H6/c1-11-9-6-8-4-2-3-5-10(8)12-7-9;1-2/h2-7,11H,1H3;1-2H3. The average molecular weight is 188 g/mol. The summed E-state index contributed by atoms with van der Waals surface area (Å²) in [5.41, 5.74) is 2.09. The van der Waals surface area contributed by atoms with E-state index in [9.17, 15) is 0 Å². The van der Waals surface area contributed by atoms with E-state index in [0.29, 0.717) is 0 Å². The van der Waals surface area contributed by atoms with Crippen LogP contribution in [0.4, 0.5) is 5.69 Å². The summed E-state index contributed by atoms with van der Waals surface area (Å²) in [5, 5.41) is 4.23. The highest BCUT2D eigenvalue weighted by Gasteiger charge is 1.93. The molecule has 0 fully saturated rings. The number of benzene rings is 1. The fraction of sp³-hybridized carbons (Fsp3) is 0.250. The van der Waals surface area contributed by atoms with Crippen molar-refractivity contribution in [3.8, 4) is 0 Å². The number of hydrogen-bond acceptors (Lipinski definition) is 2. The average Bonchev–Trinajstić information content (AvgIpc) is 2.31. The highest BCUT2D eigenvalue weighted by molar-refractivity contribution is 5.81. The van der Waals surface area contributed by atoms with Gasteiger partial charge in [-0.25, -0.2) is 0 Å². The first-order chi connectivity index (χ1) is 6.90. The van der Waals surface area contributed by atoms with Gasteiger partial charge in [0.2, 0.25) is 0 Å². The van der Waals surface area contributed by atoms with Gasteiger partial charge in [-0.05, 0) is 12.1 Å². The normalized spacial score (nSPS) is 9.07. The minimum Gasteiger partial charge on any atom is -0.387 e. The molecule has 0 unspecified atom stereocenters. The number of aromatic nitrogens is 1. The van der Waals surface area contributed by atoms with E-state index in [4.69, 9.17) is 0 Å². The van der Waals surface area contributed by atoms with Crippen LogP contribution in [0, 0.1) is 0 Å². The molecule has 0 aliphatic rings. The van der Waals surface area contributed by atoms with Crippen molar-refractivity contribution in [3.05, 3.63) is 36.5 Å². The van der Waals surface area contributed by atoms with E-state index >= 15 is 0 Å². The van der Waals surface area contributed by atoms with Gasteiger partial charge in [-0.2, -0.15) is 0 Å². The molecule has 0 bridgehead atoms. The molecule has 0 aliphatic heterocycles. The second kappa shape index (κ2) is 5.22. The monoisotopic (exact) mass is 188 g/mol. The van der Waals surface area contributed by atoms with Crippen LogP contribution >= 0.6 is 0 Å². The van der Waals surface area contributed by atoms with Gasteiger partial charge in [-0.15, -0.1) is 0 Å². The van der Waals surface area contributed by atoms with Crippen molar-refractivity contribution in [2.24, 2.45) is 0 Å². The Morgan fingerprint density at radius 1 is 1.14 bits per heavy atom. The predicted molar refractivity (Wildman–Crippen MR) is 62.6 cm³/mol. The van der Waals surface area contributed by atoms with Crippen molar-refractivity contribution in [2.45, 2.75) is 13.8 Å². The molecular weight excluding hydrogens is 172 g/mol. The van der Waals surface area contributed by atoms with Crippen molar-refractivity contribution in [3.63, 3.8) is 0 Å². The molecule has 2 nitrogen and oxygen atoms in total. The fourth-order valence-electron chi connectivity index (χ4n) is 1.21. The third kappa shape index (κ3) is 2.22. The number of nitrogens with zero attached hydrogens (tertiary/aromatic N) is 1. The van der Waals surface area contributed by atoms with Crippen LogP contribution < -0.4 is 5.32 Å². The highest BCUT2D eigenvalue weighted by Crippen LogP contribution is 2.14. The quantitative estimate of drug-likeness (QED) is 0.742. The van der Waals surface area contributed by atoms with Crippen molar-refractivity contribution < 1.29 is 0 Å². The maximum absolute atomic E-state index is 4.29. The molecule has 2 rings (SSSR count). The van der Waals surface area contributed by atoms with Crippen LogP contribution in [-0.2, 0) is 0 Å². The smallest absolute Gasteiger partial charge is 0.0703 e. The Kier molecular flexibility index (Phi) is 3.92. The second-order valence-corrected chi connectivity index (χ2v) is 2.67. The fourth-order valence-corrected chi connectivity index (χ4v) is 1.21. The molecule has 14 heavy (non-hydrogen) atoms. The van der Waals surface area contributed by atoms with E-state index in [1.165, 1.54) is 5.39 Å². The largest absolute Gasteiger partial charge is 0.387 e. The summed E-state index contributed by atoms with van der Waals surface area (Å²) in [7, 11) is 1.89. The van der Waals surface area contributed by atoms with Gasteiger partial charge in [0.05, 0.1) is 17.4 Å². The molecule has 2 aromatic rings. The number of pyridine rings is 1. The summed E-state index contributed by atoms with van der Waals surface area (Å²) in [6.45, 7) is 4.00. The van der Waals surface area contributed by atoms with Crippen molar-refractivity contribution >= 4 is 16.6 Å². The number of hydrogen-bond donors (Lipinski definition) is 1. The highest BCUT2D eigenvalue weighted by atomic mass is 14.8. The first-order valence-corrected chi connectivity index (χ1v) is 4.93. The molecule has 0 atom stereocenters. The molecule has 0 saturated heterocycles. The summed E-state index contributed by atoms with van der Waals surface area (Å²) in [6, 6.07) is 10.2. The number of anilines is 1. The molecule has 0 amide bonds. The minimum atomic E-state index is 1.04. The van der Waals surface area contributed by atoms with E-state index in [1.54, 1.807) is 0 Å². The molecule has 1 aromatic carbocycles. The summed E-state index contributed by atoms with van der Waals surface area (Å²) >= 11 is 0. The summed E-state index contributed by atoms with van der Waals surface area (Å²) in [6.07, 6.45) is 1.84. The molecule has 0 radical (unpaired) electrons. The van der Waals surface area contributed by atoms with E-state index in [1.807, 2.05) is 45.3 Å². The Morgan fingerprint density at radius 2 is 1.86 bits per heavy atom. The third-order valence-electron chi connectivity index (χ3n) is 1.88. The zero-order valence-corrected chi connectivity index (χ0v) is 8.91. The maximum atomic E-state index is 4.29. The van der Waals surface area contributed by atoms with E-state index in [0.717, 1.165) is 11.2 Å². The molecule has 0 spiro atoms. The lowest BCUT2D eigenvalue weighted by Gasteiger charge is -2.00. The molecule has 2 heteroatoms. The van der Waals surface area contributed by atoms with Crippen LogP contribution in [0.15, 0.2) is 36.5 Å². The lowest BCUT2D eigenvalue weighted by atomic mass is 10.2. The number of nitrogens with one attached hydrogen (secondary N) is 1. The van der Waals surface area contributed by atoms with Crippen molar-refractivity contribution in [1.29, 1.82) is 0 Å². The Morgan fingerprint density at radius 3 is 2.57 bits per heavy atom. The van der Waals surface area contributed by atoms with Gasteiger partial charge in [-0.3, -0.25) is 4.98 Å². The summed E-state index contributed by atoms with van der Waals surface area (Å²) in [4.78, 5) is 4.29. The van der Waals surface area contributed by atoms with Crippen LogP contribution in [-0.4, -0.2) is 12.0 Å². The van der Waals surface area contributed by atoms with Crippen LogP contribution in [0.25, 0.3) is 10.9 Å². The van der Waals surface area contributed by atoms with Crippen LogP contribution in [0.2, 0.25) is 0 Å². The minimum absolute atomic E-state index is 1.04. The Hall–Kier alpha value is -1.57. The molecule has 0 aliphatic carbocycles. The lowest BCUT2D eigenvalue weighted by molar-refractivity contribution is 1.38. The number of rotatable bonds is 1. The zero-order valence-electron chi connectivity index (χ0n) is 8.91. The van der Waals surface area contributed by atoms with Gasteiger partial charge in [0.15, 0.2) is 0 Å². The van der Waals surface area contributed by atoms with Gasteiger partial charge >= 0.3 is 0 Å². The van der Waals surface area contributed by atoms with Gasteiger partial charge in [0.1, 0.15) is 0 Å². The van der Waals surface area contributed by atoms with Gasteiger partial charge in [-0.1, -0.05) is 32.0 Å². The lowest BCUT2D eigenvalue weighted by Crippen LogP contribution is -1.88. The van der Waals surface area contributed by atoms with E-state index in [2.05, 4.69) is 22.4 Å². The first kappa shape index (κ1) is 10.5. The third-order valence-corrected chi connectivity index (χ3v) is 1.88. The van der Waals surface area contributed by atoms with Crippen molar-refractivity contribution in [1.82, 2.24) is 4.98 Å². The molecule has 74 valence electrons. The molecule has 0 saturated carbocycles. The van der Waals surface area contributed by atoms with E-state index in [-0.39, 0.29) is 0 Å². The zero-order chi connectivity index (χ0) is 10.4. The van der Waals surface area contributed by atoms with Crippen molar-refractivity contribution in [2.75, 3.05) is 12.4 Å². The number of para-hydroxylation sites is 1. The number of fused-ring (bicyclic) bond motifs is 1.